The molecule has 0 bridgehead atoms. The van der Waals surface area contributed by atoms with E-state index in [1.54, 1.807) is 0 Å². The molecule has 0 heteroatoms. The quantitative estimate of drug-likeness (QED) is 0.281. The highest BCUT2D eigenvalue weighted by molar-refractivity contribution is 5.48. The molecule has 0 amide bonds. The van der Waals surface area contributed by atoms with E-state index in [0.29, 0.717) is 0 Å². The Bertz CT molecular complexity index is 1040. The molecule has 0 aliphatic carbocycles. The maximum Gasteiger partial charge on any atom is 0.0249 e. The maximum absolute atomic E-state index is 3.27. The topological polar surface area (TPSA) is 0 Å². The standard InChI is InChI=1S/C31H32/c1-3-5-6-7-8-9-27-14-16-29(17-15-27)20-21-31-24-22-30(23-25-31)19-18-28-12-10-26(4-2)11-13-28/h10-17,22-25H,3-9H2,1-2H3. The van der Waals surface area contributed by atoms with Crippen LogP contribution in [-0.2, 0) is 12.8 Å². The van der Waals surface area contributed by atoms with E-state index in [4.69, 9.17) is 0 Å². The molecule has 156 valence electrons. The Morgan fingerprint density at radius 2 is 0.839 bits per heavy atom. The molecule has 0 aromatic heterocycles. The van der Waals surface area contributed by atoms with Gasteiger partial charge in [0.25, 0.3) is 0 Å². The molecule has 0 fully saturated rings. The van der Waals surface area contributed by atoms with Gasteiger partial charge in [-0.15, -0.1) is 0 Å². The molecule has 3 aromatic rings. The fraction of sp³-hybridized carbons (Fsp3) is 0.290. The van der Waals surface area contributed by atoms with Gasteiger partial charge in [-0.05, 0) is 78.9 Å². The van der Waals surface area contributed by atoms with Gasteiger partial charge >= 0.3 is 0 Å². The molecule has 0 spiro atoms. The van der Waals surface area contributed by atoms with Crippen LogP contribution in [0.15, 0.2) is 72.8 Å². The van der Waals surface area contributed by atoms with E-state index < -0.39 is 0 Å². The first-order valence-electron chi connectivity index (χ1n) is 11.6. The van der Waals surface area contributed by atoms with Crippen LogP contribution in [0.1, 0.15) is 79.3 Å². The molecule has 3 rings (SSSR count). The van der Waals surface area contributed by atoms with Crippen LogP contribution in [0.3, 0.4) is 0 Å². The summed E-state index contributed by atoms with van der Waals surface area (Å²) in [5.41, 5.74) is 6.88. The molecule has 3 aromatic carbocycles. The largest absolute Gasteiger partial charge is 0.0654 e. The van der Waals surface area contributed by atoms with Crippen molar-refractivity contribution in [3.8, 4) is 23.7 Å². The van der Waals surface area contributed by atoms with Gasteiger partial charge in [-0.25, -0.2) is 0 Å². The Labute approximate surface area is 188 Å². The lowest BCUT2D eigenvalue weighted by Gasteiger charge is -2.01. The number of aryl methyl sites for hydroxylation is 2. The number of benzene rings is 3. The van der Waals surface area contributed by atoms with E-state index in [2.05, 4.69) is 86.1 Å². The Balaban J connectivity index is 1.54. The molecule has 0 nitrogen and oxygen atoms in total. The van der Waals surface area contributed by atoms with Gasteiger partial charge in [0.1, 0.15) is 0 Å². The SMILES string of the molecule is CCCCCCCc1ccc(C#Cc2ccc(C#Cc3ccc(CC)cc3)cc2)cc1. The number of hydrogen-bond acceptors (Lipinski definition) is 0. The van der Waals surface area contributed by atoms with Gasteiger partial charge in [0, 0.05) is 22.3 Å². The second-order valence-electron chi connectivity index (χ2n) is 7.99. The summed E-state index contributed by atoms with van der Waals surface area (Å²) in [6, 6.07) is 25.3. The first kappa shape index (κ1) is 22.5. The summed E-state index contributed by atoms with van der Waals surface area (Å²) in [6.07, 6.45) is 8.86. The van der Waals surface area contributed by atoms with Gasteiger partial charge in [-0.1, -0.05) is 87.5 Å². The van der Waals surface area contributed by atoms with Crippen LogP contribution in [0, 0.1) is 23.7 Å². The fourth-order valence-electron chi connectivity index (χ4n) is 3.44. The lowest BCUT2D eigenvalue weighted by atomic mass is 10.0. The first-order valence-corrected chi connectivity index (χ1v) is 11.6. The first-order chi connectivity index (χ1) is 15.3. The average Bonchev–Trinajstić information content (AvgIpc) is 2.83. The van der Waals surface area contributed by atoms with Gasteiger partial charge < -0.3 is 0 Å². The van der Waals surface area contributed by atoms with Crippen LogP contribution < -0.4 is 0 Å². The molecule has 0 atom stereocenters. The summed E-state index contributed by atoms with van der Waals surface area (Å²) in [5, 5.41) is 0. The Hall–Kier alpha value is -3.22. The van der Waals surface area contributed by atoms with Crippen molar-refractivity contribution in [1.82, 2.24) is 0 Å². The second-order valence-corrected chi connectivity index (χ2v) is 7.99. The van der Waals surface area contributed by atoms with Crippen LogP contribution in [0.5, 0.6) is 0 Å². The number of hydrogen-bond donors (Lipinski definition) is 0. The Kier molecular flexibility index (Phi) is 9.04. The van der Waals surface area contributed by atoms with Crippen LogP contribution in [0.4, 0.5) is 0 Å². The van der Waals surface area contributed by atoms with E-state index in [1.807, 2.05) is 24.3 Å². The summed E-state index contributed by atoms with van der Waals surface area (Å²) in [5.74, 6) is 13.0. The maximum atomic E-state index is 3.27. The zero-order valence-corrected chi connectivity index (χ0v) is 18.9. The van der Waals surface area contributed by atoms with Gasteiger partial charge in [-0.2, -0.15) is 0 Å². The van der Waals surface area contributed by atoms with Crippen molar-refractivity contribution in [2.75, 3.05) is 0 Å². The summed E-state index contributed by atoms with van der Waals surface area (Å²) in [7, 11) is 0. The van der Waals surface area contributed by atoms with Gasteiger partial charge in [-0.3, -0.25) is 0 Å². The second kappa shape index (κ2) is 12.5. The van der Waals surface area contributed by atoms with Crippen molar-refractivity contribution in [2.45, 2.75) is 58.8 Å². The molecule has 0 saturated carbocycles. The highest BCUT2D eigenvalue weighted by atomic mass is 14.0. The molecular weight excluding hydrogens is 372 g/mol. The average molecular weight is 405 g/mol. The molecular formula is C31H32. The minimum atomic E-state index is 1.01. The minimum Gasteiger partial charge on any atom is -0.0654 e. The highest BCUT2D eigenvalue weighted by Crippen LogP contribution is 2.11. The van der Waals surface area contributed by atoms with Crippen molar-refractivity contribution >= 4 is 0 Å². The lowest BCUT2D eigenvalue weighted by molar-refractivity contribution is 0.632. The Morgan fingerprint density at radius 3 is 1.26 bits per heavy atom. The summed E-state index contributed by atoms with van der Waals surface area (Å²) < 4.78 is 0. The predicted octanol–water partition coefficient (Wildman–Crippen LogP) is 7.56. The zero-order chi connectivity index (χ0) is 21.7. The van der Waals surface area contributed by atoms with Crippen molar-refractivity contribution in [3.05, 3.63) is 106 Å². The van der Waals surface area contributed by atoms with Crippen LogP contribution in [0.25, 0.3) is 0 Å². The molecule has 0 unspecified atom stereocenters. The minimum absolute atomic E-state index is 1.01. The zero-order valence-electron chi connectivity index (χ0n) is 18.9. The molecule has 31 heavy (non-hydrogen) atoms. The number of unbranched alkanes of at least 4 members (excludes halogenated alkanes) is 4. The van der Waals surface area contributed by atoms with Crippen molar-refractivity contribution in [2.24, 2.45) is 0 Å². The molecule has 0 N–H and O–H groups in total. The fourth-order valence-corrected chi connectivity index (χ4v) is 3.44. The summed E-state index contributed by atoms with van der Waals surface area (Å²) in [4.78, 5) is 0. The summed E-state index contributed by atoms with van der Waals surface area (Å²) in [6.45, 7) is 4.42. The van der Waals surface area contributed by atoms with Crippen molar-refractivity contribution in [1.29, 1.82) is 0 Å². The van der Waals surface area contributed by atoms with Gasteiger partial charge in [0.15, 0.2) is 0 Å². The Morgan fingerprint density at radius 1 is 0.452 bits per heavy atom. The van der Waals surface area contributed by atoms with Crippen LogP contribution >= 0.6 is 0 Å². The molecule has 0 aliphatic rings. The van der Waals surface area contributed by atoms with Gasteiger partial charge in [0.2, 0.25) is 0 Å². The highest BCUT2D eigenvalue weighted by Gasteiger charge is 1.95. The molecule has 0 saturated heterocycles. The van der Waals surface area contributed by atoms with E-state index in [9.17, 15) is 0 Å². The van der Waals surface area contributed by atoms with E-state index in [1.165, 1.54) is 49.7 Å². The molecule has 0 radical (unpaired) electrons. The number of rotatable bonds is 7. The molecule has 0 aliphatic heterocycles. The van der Waals surface area contributed by atoms with E-state index in [-0.39, 0.29) is 0 Å². The normalized spacial score (nSPS) is 10.0. The van der Waals surface area contributed by atoms with Crippen molar-refractivity contribution in [3.63, 3.8) is 0 Å². The predicted molar refractivity (Wildman–Crippen MR) is 133 cm³/mol. The third-order valence-corrected chi connectivity index (χ3v) is 5.47. The van der Waals surface area contributed by atoms with Crippen molar-refractivity contribution < 1.29 is 0 Å². The van der Waals surface area contributed by atoms with E-state index in [0.717, 1.165) is 28.7 Å². The smallest absolute Gasteiger partial charge is 0.0249 e. The monoisotopic (exact) mass is 404 g/mol. The third-order valence-electron chi connectivity index (χ3n) is 5.47. The van der Waals surface area contributed by atoms with Gasteiger partial charge in [0.05, 0.1) is 0 Å². The van der Waals surface area contributed by atoms with E-state index >= 15 is 0 Å². The van der Waals surface area contributed by atoms with Crippen LogP contribution in [-0.4, -0.2) is 0 Å². The molecule has 0 heterocycles. The third kappa shape index (κ3) is 7.85. The lowest BCUT2D eigenvalue weighted by Crippen LogP contribution is -1.86. The van der Waals surface area contributed by atoms with Crippen LogP contribution in [0.2, 0.25) is 0 Å². The summed E-state index contributed by atoms with van der Waals surface area (Å²) >= 11 is 0.